The molecule has 1 aromatic heterocycles. The number of piperazine rings is 2. The topological polar surface area (TPSA) is 124 Å². The smallest absolute Gasteiger partial charge is 0.337 e. The van der Waals surface area contributed by atoms with Crippen molar-refractivity contribution in [1.29, 1.82) is 0 Å². The summed E-state index contributed by atoms with van der Waals surface area (Å²) in [6.45, 7) is 5.60. The van der Waals surface area contributed by atoms with E-state index in [2.05, 4.69) is 41.6 Å². The number of hydrogen-bond donors (Lipinski definition) is 0. The van der Waals surface area contributed by atoms with Gasteiger partial charge in [-0.15, -0.1) is 0 Å². The van der Waals surface area contributed by atoms with E-state index in [9.17, 15) is 23.6 Å². The molecule has 0 bridgehead atoms. The molecule has 6 aromatic rings. The Morgan fingerprint density at radius 1 is 0.597 bits per heavy atom. The number of carbonyl (C=O) groups excluding carboxylic acids is 4. The van der Waals surface area contributed by atoms with Crippen LogP contribution in [0, 0.1) is 11.6 Å². The second-order valence-corrected chi connectivity index (χ2v) is 17.4. The molecule has 0 spiro atoms. The van der Waals surface area contributed by atoms with Crippen LogP contribution in [-0.4, -0.2) is 134 Å². The highest BCUT2D eigenvalue weighted by Gasteiger charge is 2.28. The summed E-state index contributed by atoms with van der Waals surface area (Å²) in [5.74, 6) is -2.34. The predicted octanol–water partition coefficient (Wildman–Crippen LogP) is 8.29. The molecule has 350 valence electrons. The Kier molecular flexibility index (Phi) is 15.7. The molecular weight excluding hydrogens is 926 g/mol. The zero-order valence-corrected chi connectivity index (χ0v) is 39.7. The summed E-state index contributed by atoms with van der Waals surface area (Å²) >= 11 is 3.43. The van der Waals surface area contributed by atoms with Gasteiger partial charge in [-0.2, -0.15) is 5.10 Å². The minimum Gasteiger partial charge on any atom is -0.465 e. The van der Waals surface area contributed by atoms with Gasteiger partial charge in [-0.1, -0.05) is 52.3 Å². The summed E-state index contributed by atoms with van der Waals surface area (Å²) in [4.78, 5) is 61.6. The standard InChI is InChI=1S/C29H30FN5O3.C21H23BrFN3O3/c1-32-11-13-34(14-12-32)29(37)35(19-23-8-7-22(17-26(23)30)28(36)38-3)25-6-4-5-20(16-25)21-9-10-27-24(15-21)18-31-33(27)2;1-24-8-10-25(11-9-24)21(28)26(18-5-3-4-17(22)13-18)14-16-7-6-15(12-19(16)23)20(27)29-2/h4-10,15-18H,11-14,19H2,1-3H3;3-7,12-13H,8-11,14H2,1-2H3. The SMILES string of the molecule is COC(=O)c1ccc(CN(C(=O)N2CCN(C)CC2)c2cccc(-c3ccc4c(cnn4C)c3)c2)c(F)c1.COC(=O)c1ccc(CN(C(=O)N2CCN(C)CC2)c2cccc(Br)c2)c(F)c1. The lowest BCUT2D eigenvalue weighted by Crippen LogP contribution is -2.52. The maximum atomic E-state index is 15.1. The molecule has 2 fully saturated rings. The third-order valence-electron chi connectivity index (χ3n) is 12.0. The number of ether oxygens (including phenoxy) is 2. The molecule has 2 aliphatic rings. The van der Waals surface area contributed by atoms with Crippen molar-refractivity contribution in [3.05, 3.63) is 148 Å². The van der Waals surface area contributed by atoms with E-state index in [1.807, 2.05) is 92.7 Å². The van der Waals surface area contributed by atoms with Crippen LogP contribution in [0.4, 0.5) is 29.7 Å². The zero-order chi connectivity index (χ0) is 47.8. The van der Waals surface area contributed by atoms with Crippen LogP contribution in [0.3, 0.4) is 0 Å². The van der Waals surface area contributed by atoms with Gasteiger partial charge in [0.05, 0.1) is 50.1 Å². The van der Waals surface area contributed by atoms with E-state index >= 15 is 4.39 Å². The number of halogens is 3. The van der Waals surface area contributed by atoms with Gasteiger partial charge in [0.2, 0.25) is 0 Å². The van der Waals surface area contributed by atoms with Crippen molar-refractivity contribution < 1.29 is 37.4 Å². The number of nitrogens with zero attached hydrogens (tertiary/aromatic N) is 8. The van der Waals surface area contributed by atoms with Crippen molar-refractivity contribution in [3.63, 3.8) is 0 Å². The number of carbonyl (C=O) groups is 4. The molecule has 0 unspecified atom stereocenters. The first-order valence-corrected chi connectivity index (χ1v) is 22.5. The van der Waals surface area contributed by atoms with Crippen molar-refractivity contribution in [2.24, 2.45) is 7.05 Å². The lowest BCUT2D eigenvalue weighted by molar-refractivity contribution is 0.0591. The fourth-order valence-corrected chi connectivity index (χ4v) is 8.28. The van der Waals surface area contributed by atoms with Crippen molar-refractivity contribution in [2.75, 3.05) is 90.5 Å². The fourth-order valence-electron chi connectivity index (χ4n) is 7.90. The molecule has 0 radical (unpaired) electrons. The van der Waals surface area contributed by atoms with E-state index < -0.39 is 23.6 Å². The van der Waals surface area contributed by atoms with Crippen LogP contribution in [-0.2, 0) is 29.6 Å². The molecule has 4 amide bonds. The number of rotatable bonds is 9. The Morgan fingerprint density at radius 3 is 1.55 bits per heavy atom. The zero-order valence-electron chi connectivity index (χ0n) is 38.1. The maximum Gasteiger partial charge on any atom is 0.337 e. The highest BCUT2D eigenvalue weighted by Crippen LogP contribution is 2.30. The number of urea groups is 2. The lowest BCUT2D eigenvalue weighted by Gasteiger charge is -2.36. The van der Waals surface area contributed by atoms with Gasteiger partial charge in [-0.25, -0.2) is 28.0 Å². The van der Waals surface area contributed by atoms with E-state index in [4.69, 9.17) is 4.74 Å². The molecule has 0 aliphatic carbocycles. The molecule has 67 heavy (non-hydrogen) atoms. The first-order valence-electron chi connectivity index (χ1n) is 21.7. The first kappa shape index (κ1) is 48.2. The Balaban J connectivity index is 0.000000207. The van der Waals surface area contributed by atoms with Gasteiger partial charge >= 0.3 is 24.0 Å². The predicted molar refractivity (Wildman–Crippen MR) is 257 cm³/mol. The van der Waals surface area contributed by atoms with Gasteiger partial charge in [0.15, 0.2) is 0 Å². The van der Waals surface area contributed by atoms with Crippen LogP contribution in [0.25, 0.3) is 22.0 Å². The summed E-state index contributed by atoms with van der Waals surface area (Å²) < 4.78 is 41.8. The fraction of sp³-hybridized carbons (Fsp3) is 0.300. The van der Waals surface area contributed by atoms with Gasteiger partial charge in [-0.05, 0) is 92.0 Å². The molecule has 5 aromatic carbocycles. The van der Waals surface area contributed by atoms with Crippen LogP contribution >= 0.6 is 15.9 Å². The minimum absolute atomic E-state index is 0.0174. The van der Waals surface area contributed by atoms with Gasteiger partial charge in [-0.3, -0.25) is 14.5 Å². The van der Waals surface area contributed by atoms with Gasteiger partial charge in [0.25, 0.3) is 0 Å². The Bertz CT molecular complexity index is 2750. The highest BCUT2D eigenvalue weighted by molar-refractivity contribution is 9.10. The summed E-state index contributed by atoms with van der Waals surface area (Å²) in [6.07, 6.45) is 1.83. The number of aryl methyl sites for hydroxylation is 1. The second kappa shape index (κ2) is 21.7. The molecule has 0 atom stereocenters. The summed E-state index contributed by atoms with van der Waals surface area (Å²) in [5, 5.41) is 5.35. The third-order valence-corrected chi connectivity index (χ3v) is 12.5. The number of amides is 4. The van der Waals surface area contributed by atoms with E-state index in [0.717, 1.165) is 64.8 Å². The number of likely N-dealkylation sites (N-methyl/N-ethyl adjacent to an activating group) is 2. The summed E-state index contributed by atoms with van der Waals surface area (Å²) in [7, 11) is 8.45. The number of aromatic nitrogens is 2. The van der Waals surface area contributed by atoms with Gasteiger partial charge < -0.3 is 29.1 Å². The van der Waals surface area contributed by atoms with Crippen LogP contribution in [0.2, 0.25) is 0 Å². The van der Waals surface area contributed by atoms with Crippen molar-refractivity contribution in [2.45, 2.75) is 13.1 Å². The molecule has 0 N–H and O–H groups in total. The third kappa shape index (κ3) is 11.6. The van der Waals surface area contributed by atoms with Crippen LogP contribution in [0.1, 0.15) is 31.8 Å². The quantitative estimate of drug-likeness (QED) is 0.132. The first-order chi connectivity index (χ1) is 32.2. The van der Waals surface area contributed by atoms with Crippen LogP contribution in [0.15, 0.2) is 114 Å². The Morgan fingerprint density at radius 2 is 1.07 bits per heavy atom. The van der Waals surface area contributed by atoms with Crippen LogP contribution in [0.5, 0.6) is 0 Å². The highest BCUT2D eigenvalue weighted by atomic mass is 79.9. The molecule has 0 saturated carbocycles. The number of esters is 2. The number of benzene rings is 5. The Labute approximate surface area is 397 Å². The van der Waals surface area contributed by atoms with Gasteiger partial charge in [0, 0.05) is 91.8 Å². The molecule has 14 nitrogen and oxygen atoms in total. The van der Waals surface area contributed by atoms with E-state index in [-0.39, 0.29) is 36.3 Å². The van der Waals surface area contributed by atoms with E-state index in [0.29, 0.717) is 48.7 Å². The van der Waals surface area contributed by atoms with Crippen LogP contribution < -0.4 is 9.80 Å². The molecule has 3 heterocycles. The number of methoxy groups -OCH3 is 2. The number of anilines is 2. The molecule has 8 rings (SSSR count). The van der Waals surface area contributed by atoms with E-state index in [1.165, 1.54) is 38.5 Å². The molecule has 17 heteroatoms. The molecular formula is C50H53BrF2N8O6. The monoisotopic (exact) mass is 978 g/mol. The summed E-state index contributed by atoms with van der Waals surface area (Å²) in [5.41, 5.74) is 5.17. The van der Waals surface area contributed by atoms with Crippen molar-refractivity contribution >= 4 is 62.2 Å². The average Bonchev–Trinajstić information content (AvgIpc) is 3.72. The largest absolute Gasteiger partial charge is 0.465 e. The normalized spacial score (nSPS) is 14.3. The van der Waals surface area contributed by atoms with Gasteiger partial charge in [0.1, 0.15) is 11.6 Å². The Hall–Kier alpha value is -6.69. The average molecular weight is 980 g/mol. The van der Waals surface area contributed by atoms with Crippen molar-refractivity contribution in [3.8, 4) is 11.1 Å². The van der Waals surface area contributed by atoms with E-state index in [1.54, 1.807) is 19.6 Å². The van der Waals surface area contributed by atoms with Crippen molar-refractivity contribution in [1.82, 2.24) is 29.4 Å². The lowest BCUT2D eigenvalue weighted by atomic mass is 10.0. The minimum atomic E-state index is -0.612. The number of hydrogen-bond acceptors (Lipinski definition) is 9. The molecule has 2 aliphatic heterocycles. The second-order valence-electron chi connectivity index (χ2n) is 16.5. The molecule has 2 saturated heterocycles. The number of fused-ring (bicyclic) bond motifs is 1. The summed E-state index contributed by atoms with van der Waals surface area (Å²) in [6, 6.07) is 29.2. The maximum absolute atomic E-state index is 15.1.